The third-order valence-electron chi connectivity index (χ3n) is 3.23. The molecule has 1 atom stereocenters. The molecule has 0 saturated heterocycles. The molecule has 1 saturated carbocycles. The molecule has 0 radical (unpaired) electrons. The first-order chi connectivity index (χ1) is 7.27. The van der Waals surface area contributed by atoms with Crippen LogP contribution in [0.5, 0.6) is 0 Å². The maximum atomic E-state index is 11.8. The van der Waals surface area contributed by atoms with Gasteiger partial charge in [-0.3, -0.25) is 4.79 Å². The minimum absolute atomic E-state index is 0.238. The van der Waals surface area contributed by atoms with Gasteiger partial charge in [-0.1, -0.05) is 0 Å². The Morgan fingerprint density at radius 3 is 3.00 bits per heavy atom. The Hall–Kier alpha value is -1.38. The lowest BCUT2D eigenvalue weighted by Crippen LogP contribution is -2.41. The number of rotatable bonds is 1. The van der Waals surface area contributed by atoms with Gasteiger partial charge in [0.15, 0.2) is 5.78 Å². The number of aromatic nitrogens is 1. The number of pyridine rings is 1. The maximum Gasteiger partial charge on any atom is 0.168 e. The molecule has 15 heavy (non-hydrogen) atoms. The van der Waals surface area contributed by atoms with Gasteiger partial charge in [0.05, 0.1) is 5.56 Å². The van der Waals surface area contributed by atoms with Crippen LogP contribution in [0.2, 0.25) is 0 Å². The zero-order valence-corrected chi connectivity index (χ0v) is 8.81. The van der Waals surface area contributed by atoms with Gasteiger partial charge in [-0.2, -0.15) is 0 Å². The first-order valence-corrected chi connectivity index (χ1v) is 5.54. The van der Waals surface area contributed by atoms with Crippen LogP contribution < -0.4 is 4.90 Å². The van der Waals surface area contributed by atoms with Crippen LogP contribution in [0.25, 0.3) is 0 Å². The molecule has 1 aliphatic heterocycles. The number of hydrogen-bond donors (Lipinski definition) is 0. The molecule has 0 spiro atoms. The van der Waals surface area contributed by atoms with E-state index in [4.69, 9.17) is 0 Å². The molecule has 0 amide bonds. The molecule has 1 aromatic rings. The average molecular weight is 202 g/mol. The average Bonchev–Trinajstić information content (AvgIpc) is 3.02. The van der Waals surface area contributed by atoms with E-state index < -0.39 is 0 Å². The fourth-order valence-corrected chi connectivity index (χ4v) is 2.39. The fourth-order valence-electron chi connectivity index (χ4n) is 2.39. The van der Waals surface area contributed by atoms with Crippen LogP contribution in [0.1, 0.15) is 36.5 Å². The standard InChI is InChI=1S/C12H14N2O/c1-8-7-11(15)10-3-2-6-13-12(10)14(8)9-4-5-9/h2-3,6,8-9H,4-5,7H2,1H3. The fraction of sp³-hybridized carbons (Fsp3) is 0.500. The third-order valence-corrected chi connectivity index (χ3v) is 3.23. The molecule has 3 heteroatoms. The predicted octanol–water partition coefficient (Wildman–Crippen LogP) is 2.03. The van der Waals surface area contributed by atoms with Crippen LogP contribution in [-0.2, 0) is 0 Å². The Kier molecular flexibility index (Phi) is 1.81. The summed E-state index contributed by atoms with van der Waals surface area (Å²) in [5, 5.41) is 0. The van der Waals surface area contributed by atoms with Crippen molar-refractivity contribution in [2.75, 3.05) is 4.90 Å². The smallest absolute Gasteiger partial charge is 0.168 e. The van der Waals surface area contributed by atoms with Gasteiger partial charge in [-0.25, -0.2) is 4.98 Å². The number of carbonyl (C=O) groups excluding carboxylic acids is 1. The summed E-state index contributed by atoms with van der Waals surface area (Å²) in [4.78, 5) is 18.5. The van der Waals surface area contributed by atoms with E-state index >= 15 is 0 Å². The summed E-state index contributed by atoms with van der Waals surface area (Å²) < 4.78 is 0. The quantitative estimate of drug-likeness (QED) is 0.698. The van der Waals surface area contributed by atoms with E-state index in [2.05, 4.69) is 16.8 Å². The van der Waals surface area contributed by atoms with Gasteiger partial charge in [-0.05, 0) is 31.9 Å². The first kappa shape index (κ1) is 8.89. The van der Waals surface area contributed by atoms with Gasteiger partial charge in [0.25, 0.3) is 0 Å². The summed E-state index contributed by atoms with van der Waals surface area (Å²) in [5.74, 6) is 1.14. The largest absolute Gasteiger partial charge is 0.350 e. The summed E-state index contributed by atoms with van der Waals surface area (Å²) in [6, 6.07) is 4.68. The molecule has 1 fully saturated rings. The minimum Gasteiger partial charge on any atom is -0.350 e. The highest BCUT2D eigenvalue weighted by Gasteiger charge is 2.38. The van der Waals surface area contributed by atoms with E-state index in [-0.39, 0.29) is 5.78 Å². The third kappa shape index (κ3) is 1.34. The highest BCUT2D eigenvalue weighted by Crippen LogP contribution is 2.37. The lowest BCUT2D eigenvalue weighted by atomic mass is 9.98. The summed E-state index contributed by atoms with van der Waals surface area (Å²) in [6.07, 6.45) is 4.90. The Balaban J connectivity index is 2.09. The molecule has 1 aliphatic carbocycles. The van der Waals surface area contributed by atoms with Gasteiger partial charge >= 0.3 is 0 Å². The number of Topliss-reactive ketones (excluding diaryl/α,β-unsaturated/α-hetero) is 1. The predicted molar refractivity (Wildman–Crippen MR) is 58.1 cm³/mol. The first-order valence-electron chi connectivity index (χ1n) is 5.54. The summed E-state index contributed by atoms with van der Waals surface area (Å²) in [6.45, 7) is 2.12. The molecule has 3 rings (SSSR count). The maximum absolute atomic E-state index is 11.8. The van der Waals surface area contributed by atoms with E-state index in [9.17, 15) is 4.79 Å². The Bertz CT molecular complexity index is 412. The van der Waals surface area contributed by atoms with Crippen molar-refractivity contribution in [3.8, 4) is 0 Å². The normalized spacial score (nSPS) is 25.3. The van der Waals surface area contributed by atoms with E-state index in [1.54, 1.807) is 6.20 Å². The second-order valence-electron chi connectivity index (χ2n) is 4.49. The van der Waals surface area contributed by atoms with Crippen LogP contribution in [0, 0.1) is 0 Å². The van der Waals surface area contributed by atoms with Crippen molar-refractivity contribution in [2.24, 2.45) is 0 Å². The lowest BCUT2D eigenvalue weighted by molar-refractivity contribution is 0.0967. The van der Waals surface area contributed by atoms with Gasteiger partial charge < -0.3 is 4.90 Å². The number of anilines is 1. The molecule has 78 valence electrons. The number of hydrogen-bond acceptors (Lipinski definition) is 3. The lowest BCUT2D eigenvalue weighted by Gasteiger charge is -2.35. The molecule has 3 nitrogen and oxygen atoms in total. The monoisotopic (exact) mass is 202 g/mol. The van der Waals surface area contributed by atoms with Crippen LogP contribution in [0.15, 0.2) is 18.3 Å². The van der Waals surface area contributed by atoms with Crippen molar-refractivity contribution in [3.63, 3.8) is 0 Å². The topological polar surface area (TPSA) is 33.2 Å². The Labute approximate surface area is 89.1 Å². The van der Waals surface area contributed by atoms with Crippen LogP contribution in [-0.4, -0.2) is 22.9 Å². The van der Waals surface area contributed by atoms with Crippen LogP contribution >= 0.6 is 0 Å². The van der Waals surface area contributed by atoms with Crippen molar-refractivity contribution in [1.82, 2.24) is 4.98 Å². The molecule has 0 bridgehead atoms. The van der Waals surface area contributed by atoms with Crippen molar-refractivity contribution >= 4 is 11.6 Å². The van der Waals surface area contributed by atoms with Crippen molar-refractivity contribution in [3.05, 3.63) is 23.9 Å². The van der Waals surface area contributed by atoms with Crippen molar-refractivity contribution < 1.29 is 4.79 Å². The molecule has 0 aromatic carbocycles. The highest BCUT2D eigenvalue weighted by molar-refractivity contribution is 6.02. The summed E-state index contributed by atoms with van der Waals surface area (Å²) in [7, 11) is 0. The van der Waals surface area contributed by atoms with E-state index in [0.29, 0.717) is 18.5 Å². The van der Waals surface area contributed by atoms with E-state index in [1.807, 2.05) is 12.1 Å². The number of fused-ring (bicyclic) bond motifs is 1. The van der Waals surface area contributed by atoms with E-state index in [0.717, 1.165) is 11.4 Å². The summed E-state index contributed by atoms with van der Waals surface area (Å²) in [5.41, 5.74) is 0.808. The molecule has 1 aromatic heterocycles. The van der Waals surface area contributed by atoms with Crippen LogP contribution in [0.3, 0.4) is 0 Å². The van der Waals surface area contributed by atoms with Gasteiger partial charge in [0, 0.05) is 24.7 Å². The number of carbonyl (C=O) groups is 1. The van der Waals surface area contributed by atoms with Gasteiger partial charge in [0.2, 0.25) is 0 Å². The number of ketones is 1. The zero-order valence-electron chi connectivity index (χ0n) is 8.81. The second kappa shape index (κ2) is 3.05. The SMILES string of the molecule is CC1CC(=O)c2cccnc2N1C1CC1. The minimum atomic E-state index is 0.238. The molecule has 1 unspecified atom stereocenters. The Morgan fingerprint density at radius 1 is 1.47 bits per heavy atom. The molecular weight excluding hydrogens is 188 g/mol. The highest BCUT2D eigenvalue weighted by atomic mass is 16.1. The second-order valence-corrected chi connectivity index (χ2v) is 4.49. The molecule has 2 heterocycles. The Morgan fingerprint density at radius 2 is 2.27 bits per heavy atom. The van der Waals surface area contributed by atoms with Gasteiger partial charge in [-0.15, -0.1) is 0 Å². The molecular formula is C12H14N2O. The van der Waals surface area contributed by atoms with Gasteiger partial charge in [0.1, 0.15) is 5.82 Å². The number of nitrogens with zero attached hydrogens (tertiary/aromatic N) is 2. The van der Waals surface area contributed by atoms with Crippen molar-refractivity contribution in [2.45, 2.75) is 38.3 Å². The zero-order chi connectivity index (χ0) is 10.4. The van der Waals surface area contributed by atoms with E-state index in [1.165, 1.54) is 12.8 Å². The summed E-state index contributed by atoms with van der Waals surface area (Å²) >= 11 is 0. The molecule has 0 N–H and O–H groups in total. The molecule has 2 aliphatic rings. The van der Waals surface area contributed by atoms with Crippen LogP contribution in [0.4, 0.5) is 5.82 Å². The van der Waals surface area contributed by atoms with Crippen molar-refractivity contribution in [1.29, 1.82) is 0 Å².